The van der Waals surface area contributed by atoms with Crippen LogP contribution >= 0.6 is 12.4 Å². The van der Waals surface area contributed by atoms with Gasteiger partial charge in [-0.05, 0) is 38.5 Å². The van der Waals surface area contributed by atoms with Crippen molar-refractivity contribution in [3.05, 3.63) is 0 Å². The second-order valence-electron chi connectivity index (χ2n) is 6.55. The minimum atomic E-state index is 0. The van der Waals surface area contributed by atoms with E-state index in [9.17, 15) is 4.79 Å². The molecule has 2 rings (SSSR count). The van der Waals surface area contributed by atoms with Gasteiger partial charge >= 0.3 is 0 Å². The zero-order chi connectivity index (χ0) is 13.7. The molecule has 0 radical (unpaired) electrons. The van der Waals surface area contributed by atoms with Crippen molar-refractivity contribution in [1.82, 2.24) is 4.90 Å². The summed E-state index contributed by atoms with van der Waals surface area (Å²) in [6.45, 7) is 2.97. The maximum absolute atomic E-state index is 12.4. The lowest BCUT2D eigenvalue weighted by atomic mass is 9.86. The number of nitrogens with zero attached hydrogens (tertiary/aromatic N) is 1. The number of carbonyl (C=O) groups is 1. The molecule has 20 heavy (non-hydrogen) atoms. The number of halogens is 1. The van der Waals surface area contributed by atoms with Crippen LogP contribution in [0, 0.1) is 5.92 Å². The number of nitrogens with two attached hydrogens (primary N) is 1. The monoisotopic (exact) mass is 302 g/mol. The fourth-order valence-electron chi connectivity index (χ4n) is 3.76. The highest BCUT2D eigenvalue weighted by Crippen LogP contribution is 2.28. The van der Waals surface area contributed by atoms with E-state index >= 15 is 0 Å². The Morgan fingerprint density at radius 2 is 1.80 bits per heavy atom. The van der Waals surface area contributed by atoms with Crippen LogP contribution in [0.4, 0.5) is 0 Å². The third-order valence-electron chi connectivity index (χ3n) is 4.97. The van der Waals surface area contributed by atoms with Crippen molar-refractivity contribution in [2.45, 2.75) is 83.2 Å². The number of carbonyl (C=O) groups excluding carboxylic acids is 1. The highest BCUT2D eigenvalue weighted by atomic mass is 35.5. The van der Waals surface area contributed by atoms with Crippen molar-refractivity contribution in [2.75, 3.05) is 6.54 Å². The number of hydrogen-bond acceptors (Lipinski definition) is 2. The Bertz CT molecular complexity index is 290. The van der Waals surface area contributed by atoms with Gasteiger partial charge in [-0.1, -0.05) is 32.1 Å². The van der Waals surface area contributed by atoms with E-state index in [0.717, 1.165) is 38.1 Å². The van der Waals surface area contributed by atoms with E-state index in [4.69, 9.17) is 5.73 Å². The topological polar surface area (TPSA) is 46.3 Å². The number of rotatable bonds is 4. The highest BCUT2D eigenvalue weighted by Gasteiger charge is 2.29. The predicted molar refractivity (Wildman–Crippen MR) is 86.1 cm³/mol. The summed E-state index contributed by atoms with van der Waals surface area (Å²) in [7, 11) is 0. The summed E-state index contributed by atoms with van der Waals surface area (Å²) in [6.07, 6.45) is 12.1. The van der Waals surface area contributed by atoms with E-state index in [1.165, 1.54) is 38.5 Å². The van der Waals surface area contributed by atoms with Gasteiger partial charge in [0.1, 0.15) is 0 Å². The zero-order valence-electron chi connectivity index (χ0n) is 12.9. The molecule has 2 fully saturated rings. The van der Waals surface area contributed by atoms with E-state index in [0.29, 0.717) is 5.91 Å². The van der Waals surface area contributed by atoms with Gasteiger partial charge in [-0.3, -0.25) is 4.79 Å². The molecule has 0 bridgehead atoms. The van der Waals surface area contributed by atoms with Gasteiger partial charge in [0.05, 0.1) is 0 Å². The Morgan fingerprint density at radius 3 is 2.45 bits per heavy atom. The second-order valence-corrected chi connectivity index (χ2v) is 6.55. The third-order valence-corrected chi connectivity index (χ3v) is 4.97. The van der Waals surface area contributed by atoms with Crippen LogP contribution < -0.4 is 5.73 Å². The molecule has 0 spiro atoms. The van der Waals surface area contributed by atoms with Crippen LogP contribution in [0.5, 0.6) is 0 Å². The van der Waals surface area contributed by atoms with Gasteiger partial charge in [-0.15, -0.1) is 12.4 Å². The summed E-state index contributed by atoms with van der Waals surface area (Å²) in [5.41, 5.74) is 6.04. The molecule has 0 aromatic carbocycles. The molecular formula is C16H31ClN2O. The van der Waals surface area contributed by atoms with Crippen LogP contribution in [0.15, 0.2) is 0 Å². The van der Waals surface area contributed by atoms with E-state index in [1.807, 2.05) is 6.92 Å². The lowest BCUT2D eigenvalue weighted by molar-refractivity contribution is -0.135. The molecule has 2 unspecified atom stereocenters. The SMILES string of the molecule is CC(N)C1CCCCN1C(=O)CCC1CCCCC1.Cl. The Hall–Kier alpha value is -0.280. The molecule has 1 saturated carbocycles. The van der Waals surface area contributed by atoms with Gasteiger partial charge in [-0.2, -0.15) is 0 Å². The predicted octanol–water partition coefficient (Wildman–Crippen LogP) is 3.50. The third kappa shape index (κ3) is 4.92. The van der Waals surface area contributed by atoms with Crippen molar-refractivity contribution >= 4 is 18.3 Å². The first kappa shape index (κ1) is 17.8. The summed E-state index contributed by atoms with van der Waals surface area (Å²) in [6, 6.07) is 0.395. The van der Waals surface area contributed by atoms with Crippen LogP contribution in [-0.4, -0.2) is 29.4 Å². The fourth-order valence-corrected chi connectivity index (χ4v) is 3.76. The minimum absolute atomic E-state index is 0. The number of likely N-dealkylation sites (tertiary alicyclic amines) is 1. The van der Waals surface area contributed by atoms with Crippen molar-refractivity contribution < 1.29 is 4.79 Å². The van der Waals surface area contributed by atoms with Gasteiger partial charge in [-0.25, -0.2) is 0 Å². The molecule has 1 saturated heterocycles. The normalized spacial score (nSPS) is 25.9. The second kappa shape index (κ2) is 8.89. The molecule has 1 heterocycles. The number of amides is 1. The molecule has 2 N–H and O–H groups in total. The quantitative estimate of drug-likeness (QED) is 0.864. The molecule has 1 amide bonds. The molecule has 118 valence electrons. The van der Waals surface area contributed by atoms with Crippen LogP contribution in [0.3, 0.4) is 0 Å². The molecular weight excluding hydrogens is 272 g/mol. The van der Waals surface area contributed by atoms with Gasteiger partial charge in [0, 0.05) is 25.0 Å². The maximum Gasteiger partial charge on any atom is 0.222 e. The Kier molecular flexibility index (Phi) is 7.90. The average molecular weight is 303 g/mol. The average Bonchev–Trinajstić information content (AvgIpc) is 2.46. The largest absolute Gasteiger partial charge is 0.338 e. The van der Waals surface area contributed by atoms with E-state index in [-0.39, 0.29) is 24.5 Å². The highest BCUT2D eigenvalue weighted by molar-refractivity contribution is 5.85. The van der Waals surface area contributed by atoms with Crippen molar-refractivity contribution in [3.8, 4) is 0 Å². The Balaban J connectivity index is 0.00000200. The van der Waals surface area contributed by atoms with Gasteiger partial charge in [0.2, 0.25) is 5.91 Å². The molecule has 2 atom stereocenters. The van der Waals surface area contributed by atoms with Crippen molar-refractivity contribution in [2.24, 2.45) is 11.7 Å². The maximum atomic E-state index is 12.4. The standard InChI is InChI=1S/C16H30N2O.ClH/c1-13(17)15-9-5-6-12-18(15)16(19)11-10-14-7-3-2-4-8-14;/h13-15H,2-12,17H2,1H3;1H. The molecule has 3 nitrogen and oxygen atoms in total. The first-order valence-corrected chi connectivity index (χ1v) is 8.23. The summed E-state index contributed by atoms with van der Waals surface area (Å²) in [5.74, 6) is 1.16. The zero-order valence-corrected chi connectivity index (χ0v) is 13.7. The molecule has 0 aromatic heterocycles. The Morgan fingerprint density at radius 1 is 1.15 bits per heavy atom. The molecule has 4 heteroatoms. The first-order valence-electron chi connectivity index (χ1n) is 8.23. The number of hydrogen-bond donors (Lipinski definition) is 1. The summed E-state index contributed by atoms with van der Waals surface area (Å²) >= 11 is 0. The van der Waals surface area contributed by atoms with E-state index in [2.05, 4.69) is 4.90 Å². The first-order chi connectivity index (χ1) is 9.18. The van der Waals surface area contributed by atoms with E-state index in [1.54, 1.807) is 0 Å². The van der Waals surface area contributed by atoms with Gasteiger partial charge in [0.15, 0.2) is 0 Å². The van der Waals surface area contributed by atoms with Crippen LogP contribution in [0.1, 0.15) is 71.1 Å². The molecule has 1 aliphatic heterocycles. The van der Waals surface area contributed by atoms with Crippen LogP contribution in [0.2, 0.25) is 0 Å². The molecule has 0 aromatic rings. The fraction of sp³-hybridized carbons (Fsp3) is 0.938. The lowest BCUT2D eigenvalue weighted by Gasteiger charge is -2.38. The van der Waals surface area contributed by atoms with Crippen molar-refractivity contribution in [3.63, 3.8) is 0 Å². The summed E-state index contributed by atoms with van der Waals surface area (Å²) < 4.78 is 0. The smallest absolute Gasteiger partial charge is 0.222 e. The van der Waals surface area contributed by atoms with Crippen LogP contribution in [-0.2, 0) is 4.79 Å². The minimum Gasteiger partial charge on any atom is -0.338 e. The van der Waals surface area contributed by atoms with Crippen molar-refractivity contribution in [1.29, 1.82) is 0 Å². The molecule has 1 aliphatic carbocycles. The summed E-state index contributed by atoms with van der Waals surface area (Å²) in [5, 5.41) is 0. The van der Waals surface area contributed by atoms with Gasteiger partial charge < -0.3 is 10.6 Å². The Labute approximate surface area is 130 Å². The van der Waals surface area contributed by atoms with Crippen LogP contribution in [0.25, 0.3) is 0 Å². The summed E-state index contributed by atoms with van der Waals surface area (Å²) in [4.78, 5) is 14.5. The molecule has 2 aliphatic rings. The lowest BCUT2D eigenvalue weighted by Crippen LogP contribution is -2.51. The van der Waals surface area contributed by atoms with Gasteiger partial charge in [0.25, 0.3) is 0 Å². The number of piperidine rings is 1. The van der Waals surface area contributed by atoms with E-state index < -0.39 is 0 Å².